The zero-order valence-corrected chi connectivity index (χ0v) is 17.9. The van der Waals surface area contributed by atoms with E-state index in [1.165, 1.54) is 17.3 Å². The number of amides is 1. The number of carbonyl (C=O) groups is 1. The van der Waals surface area contributed by atoms with Gasteiger partial charge in [0.2, 0.25) is 5.91 Å². The summed E-state index contributed by atoms with van der Waals surface area (Å²) in [4.78, 5) is 12.6. The lowest BCUT2D eigenvalue weighted by Crippen LogP contribution is -2.23. The van der Waals surface area contributed by atoms with Crippen LogP contribution in [0.4, 0.5) is 5.69 Å². The van der Waals surface area contributed by atoms with Crippen LogP contribution in [-0.2, 0) is 17.8 Å². The van der Waals surface area contributed by atoms with Gasteiger partial charge < -0.3 is 9.88 Å². The topological polar surface area (TPSA) is 59.8 Å². The molecule has 146 valence electrons. The first-order valence-electron chi connectivity index (χ1n) is 8.86. The molecular formula is C20H20Cl2N4OS. The Morgan fingerprint density at radius 2 is 1.82 bits per heavy atom. The molecule has 1 N–H and O–H groups in total. The first kappa shape index (κ1) is 20.7. The molecule has 5 nitrogen and oxygen atoms in total. The average molecular weight is 435 g/mol. The molecule has 0 bridgehead atoms. The molecule has 3 rings (SSSR count). The van der Waals surface area contributed by atoms with Crippen molar-refractivity contribution < 1.29 is 4.79 Å². The Labute approximate surface area is 178 Å². The molecule has 8 heteroatoms. The Balaban J connectivity index is 1.69. The van der Waals surface area contributed by atoms with Crippen LogP contribution in [0.3, 0.4) is 0 Å². The van der Waals surface area contributed by atoms with Crippen LogP contribution in [0, 0.1) is 0 Å². The molecular weight excluding hydrogens is 415 g/mol. The number of benzene rings is 2. The van der Waals surface area contributed by atoms with Gasteiger partial charge in [-0.05, 0) is 37.6 Å². The van der Waals surface area contributed by atoms with Crippen LogP contribution < -0.4 is 5.32 Å². The third kappa shape index (κ3) is 5.28. The van der Waals surface area contributed by atoms with E-state index in [1.807, 2.05) is 36.6 Å². The van der Waals surface area contributed by atoms with Crippen molar-refractivity contribution in [2.24, 2.45) is 0 Å². The summed E-state index contributed by atoms with van der Waals surface area (Å²) in [6, 6.07) is 15.1. The minimum absolute atomic E-state index is 0.154. The van der Waals surface area contributed by atoms with Gasteiger partial charge in [-0.25, -0.2) is 0 Å². The zero-order valence-electron chi connectivity index (χ0n) is 15.5. The average Bonchev–Trinajstić information content (AvgIpc) is 3.02. The number of hydrogen-bond donors (Lipinski definition) is 1. The number of anilines is 1. The van der Waals surface area contributed by atoms with Gasteiger partial charge in [0.15, 0.2) is 5.16 Å². The van der Waals surface area contributed by atoms with Gasteiger partial charge in [0, 0.05) is 28.7 Å². The van der Waals surface area contributed by atoms with Crippen LogP contribution in [0.5, 0.6) is 0 Å². The van der Waals surface area contributed by atoms with Crippen molar-refractivity contribution in [1.82, 2.24) is 14.8 Å². The van der Waals surface area contributed by atoms with Crippen LogP contribution in [0.2, 0.25) is 10.0 Å². The fourth-order valence-electron chi connectivity index (χ4n) is 2.71. The number of aromatic nitrogens is 3. The van der Waals surface area contributed by atoms with Crippen molar-refractivity contribution in [1.29, 1.82) is 0 Å². The van der Waals surface area contributed by atoms with Gasteiger partial charge in [-0.3, -0.25) is 4.79 Å². The second-order valence-electron chi connectivity index (χ2n) is 6.21. The van der Waals surface area contributed by atoms with Crippen molar-refractivity contribution in [3.05, 3.63) is 70.0 Å². The Bertz CT molecular complexity index is 942. The highest BCUT2D eigenvalue weighted by Crippen LogP contribution is 2.26. The molecule has 0 aliphatic carbocycles. The van der Waals surface area contributed by atoms with Gasteiger partial charge in [0.1, 0.15) is 5.82 Å². The summed E-state index contributed by atoms with van der Waals surface area (Å²) in [5.74, 6) is 0.726. The molecule has 1 heterocycles. The van der Waals surface area contributed by atoms with Crippen LogP contribution in [-0.4, -0.2) is 25.9 Å². The molecule has 0 fully saturated rings. The summed E-state index contributed by atoms with van der Waals surface area (Å²) in [6.07, 6.45) is 0.698. The summed E-state index contributed by atoms with van der Waals surface area (Å²) < 4.78 is 2.04. The fourth-order valence-corrected chi connectivity index (χ4v) is 4.17. The number of nitrogens with zero attached hydrogens (tertiary/aromatic N) is 3. The first-order valence-corrected chi connectivity index (χ1v) is 10.5. The van der Waals surface area contributed by atoms with Crippen molar-refractivity contribution in [3.63, 3.8) is 0 Å². The van der Waals surface area contributed by atoms with Crippen LogP contribution in [0.1, 0.15) is 25.2 Å². The maximum atomic E-state index is 12.6. The maximum absolute atomic E-state index is 12.6. The minimum atomic E-state index is -0.364. The Hall–Kier alpha value is -2.02. The summed E-state index contributed by atoms with van der Waals surface area (Å²) in [7, 11) is 0. The number of rotatable bonds is 7. The van der Waals surface area contributed by atoms with Gasteiger partial charge in [0.05, 0.1) is 5.25 Å². The molecule has 2 aromatic carbocycles. The van der Waals surface area contributed by atoms with Crippen molar-refractivity contribution in [3.8, 4) is 0 Å². The predicted molar refractivity (Wildman–Crippen MR) is 115 cm³/mol. The molecule has 1 amide bonds. The van der Waals surface area contributed by atoms with E-state index < -0.39 is 0 Å². The van der Waals surface area contributed by atoms with Gasteiger partial charge in [-0.2, -0.15) is 0 Å². The SMILES string of the molecule is CCn1c(Cc2ccccc2)nnc1SC(C)C(=O)Nc1cc(Cl)cc(Cl)c1. The maximum Gasteiger partial charge on any atom is 0.237 e. The van der Waals surface area contributed by atoms with Crippen LogP contribution in [0.25, 0.3) is 0 Å². The monoisotopic (exact) mass is 434 g/mol. The van der Waals surface area contributed by atoms with E-state index in [2.05, 4.69) is 27.6 Å². The smallest absolute Gasteiger partial charge is 0.237 e. The van der Waals surface area contributed by atoms with Gasteiger partial charge in [0.25, 0.3) is 0 Å². The summed E-state index contributed by atoms with van der Waals surface area (Å²) in [5.41, 5.74) is 1.74. The van der Waals surface area contributed by atoms with Gasteiger partial charge in [-0.15, -0.1) is 10.2 Å². The second kappa shape index (κ2) is 9.45. The molecule has 1 unspecified atom stereocenters. The van der Waals surface area contributed by atoms with Gasteiger partial charge in [-0.1, -0.05) is 65.3 Å². The molecule has 1 aromatic heterocycles. The third-order valence-corrected chi connectivity index (χ3v) is 5.61. The standard InChI is InChI=1S/C20H20Cl2N4OS/c1-3-26-18(9-14-7-5-4-6-8-14)24-25-20(26)28-13(2)19(27)23-17-11-15(21)10-16(22)12-17/h4-8,10-13H,3,9H2,1-2H3,(H,23,27). The molecule has 28 heavy (non-hydrogen) atoms. The van der Waals surface area contributed by atoms with E-state index in [0.717, 1.165) is 17.5 Å². The van der Waals surface area contributed by atoms with Crippen molar-refractivity contribution in [2.45, 2.75) is 37.2 Å². The molecule has 0 radical (unpaired) electrons. The summed E-state index contributed by atoms with van der Waals surface area (Å²) >= 11 is 13.4. The van der Waals surface area contributed by atoms with Crippen molar-refractivity contribution >= 4 is 46.6 Å². The first-order chi connectivity index (χ1) is 13.5. The molecule has 1 atom stereocenters. The Kier molecular flexibility index (Phi) is 6.99. The molecule has 0 aliphatic rings. The van der Waals surface area contributed by atoms with E-state index in [0.29, 0.717) is 22.2 Å². The Morgan fingerprint density at radius 1 is 1.14 bits per heavy atom. The summed E-state index contributed by atoms with van der Waals surface area (Å²) in [5, 5.41) is 12.8. The number of halogens is 2. The highest BCUT2D eigenvalue weighted by molar-refractivity contribution is 8.00. The van der Waals surface area contributed by atoms with Crippen molar-refractivity contribution in [2.75, 3.05) is 5.32 Å². The quantitative estimate of drug-likeness (QED) is 0.511. The van der Waals surface area contributed by atoms with E-state index in [4.69, 9.17) is 23.2 Å². The molecule has 0 saturated carbocycles. The fraction of sp³-hybridized carbons (Fsp3) is 0.250. The van der Waals surface area contributed by atoms with Crippen LogP contribution >= 0.6 is 35.0 Å². The van der Waals surface area contributed by atoms with E-state index in [1.54, 1.807) is 18.2 Å². The van der Waals surface area contributed by atoms with E-state index in [9.17, 15) is 4.79 Å². The normalized spacial score (nSPS) is 12.0. The Morgan fingerprint density at radius 3 is 2.46 bits per heavy atom. The molecule has 3 aromatic rings. The third-order valence-electron chi connectivity index (χ3n) is 4.10. The highest BCUT2D eigenvalue weighted by Gasteiger charge is 2.20. The molecule has 0 spiro atoms. The lowest BCUT2D eigenvalue weighted by atomic mass is 10.1. The predicted octanol–water partition coefficient (Wildman–Crippen LogP) is 5.31. The van der Waals surface area contributed by atoms with Gasteiger partial charge >= 0.3 is 0 Å². The highest BCUT2D eigenvalue weighted by atomic mass is 35.5. The largest absolute Gasteiger partial charge is 0.325 e. The number of thioether (sulfide) groups is 1. The summed E-state index contributed by atoms with van der Waals surface area (Å²) in [6.45, 7) is 4.61. The van der Waals surface area contributed by atoms with Crippen LogP contribution in [0.15, 0.2) is 53.7 Å². The number of nitrogens with one attached hydrogen (secondary N) is 1. The second-order valence-corrected chi connectivity index (χ2v) is 8.39. The number of carbonyl (C=O) groups excluding carboxylic acids is 1. The lowest BCUT2D eigenvalue weighted by molar-refractivity contribution is -0.115. The van der Waals surface area contributed by atoms with E-state index in [-0.39, 0.29) is 11.2 Å². The molecule has 0 aliphatic heterocycles. The zero-order chi connectivity index (χ0) is 20.1. The minimum Gasteiger partial charge on any atom is -0.325 e. The van der Waals surface area contributed by atoms with E-state index >= 15 is 0 Å². The molecule has 0 saturated heterocycles. The number of hydrogen-bond acceptors (Lipinski definition) is 4. The lowest BCUT2D eigenvalue weighted by Gasteiger charge is -2.13.